The molecule has 0 bridgehead atoms. The summed E-state index contributed by atoms with van der Waals surface area (Å²) in [6, 6.07) is 8.86. The number of benzene rings is 3. The predicted molar refractivity (Wildman–Crippen MR) is 125 cm³/mol. The Labute approximate surface area is 207 Å². The zero-order chi connectivity index (χ0) is 26.9. The highest BCUT2D eigenvalue weighted by molar-refractivity contribution is 6.18. The fourth-order valence-corrected chi connectivity index (χ4v) is 3.71. The van der Waals surface area contributed by atoms with Gasteiger partial charge in [-0.15, -0.1) is 0 Å². The van der Waals surface area contributed by atoms with E-state index in [1.54, 1.807) is 0 Å². The van der Waals surface area contributed by atoms with Crippen LogP contribution in [-0.4, -0.2) is 45.0 Å². The summed E-state index contributed by atoms with van der Waals surface area (Å²) < 4.78 is 39.1. The first kappa shape index (κ1) is 25.4. The number of primary amides is 1. The lowest BCUT2D eigenvalue weighted by atomic mass is 10.0. The molecule has 1 aromatic heterocycles. The van der Waals surface area contributed by atoms with Crippen LogP contribution in [0.3, 0.4) is 0 Å². The highest BCUT2D eigenvalue weighted by Crippen LogP contribution is 2.37. The van der Waals surface area contributed by atoms with Crippen molar-refractivity contribution in [2.24, 2.45) is 5.73 Å². The van der Waals surface area contributed by atoms with E-state index >= 15 is 0 Å². The number of ether oxygens (including phenoxy) is 1. The third-order valence-corrected chi connectivity index (χ3v) is 5.41. The number of anilines is 1. The molecule has 4 rings (SSSR count). The van der Waals surface area contributed by atoms with Gasteiger partial charge >= 0.3 is 6.03 Å². The van der Waals surface area contributed by atoms with Crippen molar-refractivity contribution in [2.45, 2.75) is 12.2 Å². The molecule has 0 saturated carbocycles. The van der Waals surface area contributed by atoms with Crippen molar-refractivity contribution in [3.8, 4) is 17.2 Å². The molecule has 37 heavy (non-hydrogen) atoms. The van der Waals surface area contributed by atoms with E-state index in [2.05, 4.69) is 5.32 Å². The molecular formula is C25H20F2N2O8. The molecule has 0 fully saturated rings. The third kappa shape index (κ3) is 5.15. The van der Waals surface area contributed by atoms with E-state index < -0.39 is 53.8 Å². The normalized spacial score (nSPS) is 12.8. The second-order valence-electron chi connectivity index (χ2n) is 7.94. The molecule has 2 unspecified atom stereocenters. The highest BCUT2D eigenvalue weighted by atomic mass is 19.1. The lowest BCUT2D eigenvalue weighted by molar-refractivity contribution is -0.00342. The number of hydrogen-bond acceptors (Lipinski definition) is 8. The number of carbonyl (C=O) groups is 2. The average Bonchev–Trinajstić information content (AvgIpc) is 3.20. The number of rotatable bonds is 8. The van der Waals surface area contributed by atoms with Crippen LogP contribution in [0.5, 0.6) is 17.2 Å². The van der Waals surface area contributed by atoms with Gasteiger partial charge in [-0.3, -0.25) is 4.79 Å². The Morgan fingerprint density at radius 1 is 1.05 bits per heavy atom. The number of aromatic hydroxyl groups is 2. The third-order valence-electron chi connectivity index (χ3n) is 5.41. The van der Waals surface area contributed by atoms with Crippen LogP contribution in [0.1, 0.15) is 27.8 Å². The minimum atomic E-state index is -1.59. The van der Waals surface area contributed by atoms with E-state index in [9.17, 15) is 38.8 Å². The summed E-state index contributed by atoms with van der Waals surface area (Å²) in [6.45, 7) is -0.802. The summed E-state index contributed by atoms with van der Waals surface area (Å²) >= 11 is 0. The summed E-state index contributed by atoms with van der Waals surface area (Å²) in [5, 5.41) is 41.9. The van der Waals surface area contributed by atoms with E-state index in [4.69, 9.17) is 14.9 Å². The zero-order valence-corrected chi connectivity index (χ0v) is 18.8. The molecule has 2 amide bonds. The topological polar surface area (TPSA) is 175 Å². The Balaban J connectivity index is 1.78. The van der Waals surface area contributed by atoms with Crippen LogP contribution in [0.25, 0.3) is 11.0 Å². The van der Waals surface area contributed by atoms with Gasteiger partial charge in [-0.1, -0.05) is 0 Å². The fraction of sp³-hybridized carbons (Fsp3) is 0.120. The van der Waals surface area contributed by atoms with Crippen molar-refractivity contribution < 1.29 is 48.0 Å². The summed E-state index contributed by atoms with van der Waals surface area (Å²) in [5.41, 5.74) is 4.55. The molecule has 0 aliphatic rings. The Hall–Kier alpha value is -4.68. The predicted octanol–water partition coefficient (Wildman–Crippen LogP) is 3.32. The molecular weight excluding hydrogens is 494 g/mol. The molecule has 12 heteroatoms. The molecule has 2 atom stereocenters. The molecule has 7 N–H and O–H groups in total. The van der Waals surface area contributed by atoms with Crippen LogP contribution in [0, 0.1) is 11.6 Å². The number of hydrogen-bond donors (Lipinski definition) is 6. The minimum Gasteiger partial charge on any atom is -0.508 e. The van der Waals surface area contributed by atoms with Gasteiger partial charge in [0.15, 0.2) is 11.9 Å². The van der Waals surface area contributed by atoms with E-state index in [0.29, 0.717) is 6.07 Å². The molecule has 0 aliphatic carbocycles. The smallest absolute Gasteiger partial charge is 0.316 e. The number of aliphatic hydroxyl groups is 2. The standard InChI is InChI=1S/C25H20F2N2O8/c26-11-1-4-14(17(27)7-11)23(19(33)10-30)36-13-3-5-15-20(9-13)37-24(21(15)29-25(28)35)22(34)16-8-12(31)2-6-18(16)32/h1-9,19,23,30-33H,10H2,(H3,28,29,35). The molecule has 10 nitrogen and oxygen atoms in total. The van der Waals surface area contributed by atoms with E-state index in [1.165, 1.54) is 18.2 Å². The molecule has 0 aliphatic heterocycles. The number of nitrogens with two attached hydrogens (primary N) is 1. The van der Waals surface area contributed by atoms with Crippen LogP contribution < -0.4 is 15.8 Å². The van der Waals surface area contributed by atoms with Crippen molar-refractivity contribution in [3.05, 3.63) is 83.1 Å². The number of urea groups is 1. The van der Waals surface area contributed by atoms with Gasteiger partial charge in [0.05, 0.1) is 12.2 Å². The van der Waals surface area contributed by atoms with Gasteiger partial charge in [0.1, 0.15) is 46.3 Å². The number of aliphatic hydroxyl groups excluding tert-OH is 2. The molecule has 4 aromatic rings. The van der Waals surface area contributed by atoms with Crippen LogP contribution in [0.4, 0.5) is 19.3 Å². The lowest BCUT2D eigenvalue weighted by Crippen LogP contribution is -2.28. The maximum absolute atomic E-state index is 14.4. The first-order valence-corrected chi connectivity index (χ1v) is 10.7. The van der Waals surface area contributed by atoms with Gasteiger partial charge in [-0.2, -0.15) is 0 Å². The number of fused-ring (bicyclic) bond motifs is 1. The Bertz CT molecular complexity index is 1500. The molecule has 1 heterocycles. The van der Waals surface area contributed by atoms with Gasteiger partial charge in [-0.05, 0) is 42.5 Å². The maximum Gasteiger partial charge on any atom is 0.316 e. The summed E-state index contributed by atoms with van der Waals surface area (Å²) in [6.07, 6.45) is -3.04. The van der Waals surface area contributed by atoms with E-state index in [-0.39, 0.29) is 39.3 Å². The number of amides is 2. The summed E-state index contributed by atoms with van der Waals surface area (Å²) in [5.74, 6) is -3.95. The number of phenols is 2. The number of carbonyl (C=O) groups excluding carboxylic acids is 2. The molecule has 0 spiro atoms. The second-order valence-corrected chi connectivity index (χ2v) is 7.94. The average molecular weight is 514 g/mol. The number of furan rings is 1. The minimum absolute atomic E-state index is 0.00713. The van der Waals surface area contributed by atoms with Gasteiger partial charge in [0.2, 0.25) is 5.78 Å². The first-order chi connectivity index (χ1) is 17.6. The Kier molecular flexibility index (Phi) is 6.96. The monoisotopic (exact) mass is 514 g/mol. The molecule has 192 valence electrons. The second kappa shape index (κ2) is 10.1. The van der Waals surface area contributed by atoms with Crippen molar-refractivity contribution >= 4 is 28.5 Å². The van der Waals surface area contributed by atoms with Crippen molar-refractivity contribution in [2.75, 3.05) is 11.9 Å². The maximum atomic E-state index is 14.4. The summed E-state index contributed by atoms with van der Waals surface area (Å²) in [4.78, 5) is 24.7. The zero-order valence-electron chi connectivity index (χ0n) is 18.8. The van der Waals surface area contributed by atoms with Crippen LogP contribution in [0.2, 0.25) is 0 Å². The van der Waals surface area contributed by atoms with Crippen molar-refractivity contribution in [3.63, 3.8) is 0 Å². The Morgan fingerprint density at radius 3 is 2.49 bits per heavy atom. The number of halogens is 2. The van der Waals surface area contributed by atoms with Crippen LogP contribution in [-0.2, 0) is 0 Å². The van der Waals surface area contributed by atoms with Crippen LogP contribution in [0.15, 0.2) is 59.0 Å². The van der Waals surface area contributed by atoms with Crippen molar-refractivity contribution in [1.29, 1.82) is 0 Å². The first-order valence-electron chi connectivity index (χ1n) is 10.7. The van der Waals surface area contributed by atoms with Gasteiger partial charge in [0.25, 0.3) is 0 Å². The molecule has 0 radical (unpaired) electrons. The van der Waals surface area contributed by atoms with Crippen LogP contribution >= 0.6 is 0 Å². The number of nitrogens with one attached hydrogen (secondary N) is 1. The lowest BCUT2D eigenvalue weighted by Gasteiger charge is -2.23. The quantitative estimate of drug-likeness (QED) is 0.153. The van der Waals surface area contributed by atoms with Crippen molar-refractivity contribution in [1.82, 2.24) is 0 Å². The fourth-order valence-electron chi connectivity index (χ4n) is 3.71. The molecule has 3 aromatic carbocycles. The van der Waals surface area contributed by atoms with Gasteiger partial charge < -0.3 is 40.6 Å². The SMILES string of the molecule is NC(=O)Nc1c(C(=O)c2cc(O)ccc2O)oc2cc(OC(c3ccc(F)cc3F)C(O)CO)ccc12. The van der Waals surface area contributed by atoms with E-state index in [1.807, 2.05) is 0 Å². The molecule has 0 saturated heterocycles. The van der Waals surface area contributed by atoms with Gasteiger partial charge in [-0.25, -0.2) is 13.6 Å². The summed E-state index contributed by atoms with van der Waals surface area (Å²) in [7, 11) is 0. The number of ketones is 1. The van der Waals surface area contributed by atoms with E-state index in [0.717, 1.165) is 30.3 Å². The largest absolute Gasteiger partial charge is 0.508 e. The van der Waals surface area contributed by atoms with Gasteiger partial charge in [0, 0.05) is 23.1 Å². The Morgan fingerprint density at radius 2 is 1.81 bits per heavy atom. The highest BCUT2D eigenvalue weighted by Gasteiger charge is 2.28. The number of phenolic OH excluding ortho intramolecular Hbond substituents is 2.